The molecule has 0 atom stereocenters. The quantitative estimate of drug-likeness (QED) is 0.536. The number of nitrogens with zero attached hydrogens (tertiary/aromatic N) is 1. The van der Waals surface area contributed by atoms with Crippen LogP contribution >= 0.6 is 57.1 Å². The van der Waals surface area contributed by atoms with Crippen molar-refractivity contribution < 1.29 is 0 Å². The summed E-state index contributed by atoms with van der Waals surface area (Å²) >= 11 is 16.2. The number of benzene rings is 1. The largest absolute Gasteiger partial charge is 0.382 e. The Hall–Kier alpha value is -0.760. The SMILES string of the molecule is Nc1n[nH]c(-c2csc(I)c2)c1-c1ccc(Cl)cc1Cl. The van der Waals surface area contributed by atoms with Gasteiger partial charge in [-0.05, 0) is 40.8 Å². The number of anilines is 1. The van der Waals surface area contributed by atoms with Gasteiger partial charge in [0.1, 0.15) is 0 Å². The molecule has 0 aliphatic carbocycles. The fourth-order valence-corrected chi connectivity index (χ4v) is 3.81. The molecule has 1 aromatic carbocycles. The first-order valence-electron chi connectivity index (χ1n) is 5.60. The Bertz CT molecular complexity index is 782. The zero-order valence-corrected chi connectivity index (χ0v) is 14.4. The van der Waals surface area contributed by atoms with E-state index in [0.29, 0.717) is 15.9 Å². The number of nitrogen functional groups attached to an aromatic ring is 1. The van der Waals surface area contributed by atoms with Gasteiger partial charge in [0.2, 0.25) is 0 Å². The smallest absolute Gasteiger partial charge is 0.153 e. The summed E-state index contributed by atoms with van der Waals surface area (Å²) in [6, 6.07) is 7.42. The topological polar surface area (TPSA) is 54.7 Å². The molecule has 0 fully saturated rings. The maximum absolute atomic E-state index is 6.28. The molecule has 0 radical (unpaired) electrons. The van der Waals surface area contributed by atoms with E-state index in [1.165, 1.54) is 2.88 Å². The molecule has 0 saturated carbocycles. The van der Waals surface area contributed by atoms with Gasteiger partial charge >= 0.3 is 0 Å². The summed E-state index contributed by atoms with van der Waals surface area (Å²) in [4.78, 5) is 0. The number of aromatic amines is 1. The van der Waals surface area contributed by atoms with Crippen molar-refractivity contribution in [2.45, 2.75) is 0 Å². The number of hydrogen-bond acceptors (Lipinski definition) is 3. The van der Waals surface area contributed by atoms with Crippen molar-refractivity contribution in [3.63, 3.8) is 0 Å². The fourth-order valence-electron chi connectivity index (χ4n) is 1.97. The minimum atomic E-state index is 0.422. The number of thiophene rings is 1. The zero-order chi connectivity index (χ0) is 14.3. The zero-order valence-electron chi connectivity index (χ0n) is 9.95. The van der Waals surface area contributed by atoms with Gasteiger partial charge in [0.25, 0.3) is 0 Å². The first-order valence-corrected chi connectivity index (χ1v) is 8.31. The van der Waals surface area contributed by atoms with Crippen LogP contribution in [0.2, 0.25) is 10.0 Å². The van der Waals surface area contributed by atoms with Crippen molar-refractivity contribution in [1.82, 2.24) is 10.2 Å². The monoisotopic (exact) mass is 435 g/mol. The van der Waals surface area contributed by atoms with E-state index in [0.717, 1.165) is 22.4 Å². The van der Waals surface area contributed by atoms with E-state index in [9.17, 15) is 0 Å². The Kier molecular flexibility index (Phi) is 3.94. The van der Waals surface area contributed by atoms with Crippen LogP contribution < -0.4 is 5.73 Å². The molecule has 7 heteroatoms. The lowest BCUT2D eigenvalue weighted by atomic mass is 10.0. The highest BCUT2D eigenvalue weighted by Gasteiger charge is 2.18. The van der Waals surface area contributed by atoms with E-state index in [2.05, 4.69) is 44.2 Å². The van der Waals surface area contributed by atoms with Crippen LogP contribution in [0.5, 0.6) is 0 Å². The predicted octanol–water partition coefficient (Wildman–Crippen LogP) is 5.30. The van der Waals surface area contributed by atoms with E-state index in [1.54, 1.807) is 23.5 Å². The average Bonchev–Trinajstić information content (AvgIpc) is 2.96. The normalized spacial score (nSPS) is 10.9. The standard InChI is InChI=1S/C13H8Cl2IN3S/c14-7-1-2-8(9(15)4-7)11-12(18-19-13(11)17)6-3-10(16)20-5-6/h1-5H,(H3,17,18,19). The second-order valence-corrected chi connectivity index (χ2v) is 7.77. The van der Waals surface area contributed by atoms with E-state index in [4.69, 9.17) is 28.9 Å². The lowest BCUT2D eigenvalue weighted by Gasteiger charge is -2.06. The molecule has 0 unspecified atom stereocenters. The maximum atomic E-state index is 6.28. The first kappa shape index (κ1) is 14.2. The van der Waals surface area contributed by atoms with Crippen molar-refractivity contribution in [2.75, 3.05) is 5.73 Å². The number of nitrogens with one attached hydrogen (secondary N) is 1. The summed E-state index contributed by atoms with van der Waals surface area (Å²) in [6.45, 7) is 0. The van der Waals surface area contributed by atoms with Crippen LogP contribution in [0.1, 0.15) is 0 Å². The first-order chi connectivity index (χ1) is 9.56. The number of hydrogen-bond donors (Lipinski definition) is 2. The van der Waals surface area contributed by atoms with Gasteiger partial charge in [0, 0.05) is 21.5 Å². The van der Waals surface area contributed by atoms with Crippen molar-refractivity contribution in [2.24, 2.45) is 0 Å². The van der Waals surface area contributed by atoms with Gasteiger partial charge in [-0.2, -0.15) is 5.10 Å². The summed E-state index contributed by atoms with van der Waals surface area (Å²) in [5.41, 5.74) is 9.53. The highest BCUT2D eigenvalue weighted by atomic mass is 127. The van der Waals surface area contributed by atoms with Gasteiger partial charge in [-0.15, -0.1) is 11.3 Å². The van der Waals surface area contributed by atoms with Crippen molar-refractivity contribution >= 4 is 62.9 Å². The fraction of sp³-hybridized carbons (Fsp3) is 0. The lowest BCUT2D eigenvalue weighted by molar-refractivity contribution is 1.10. The second-order valence-electron chi connectivity index (χ2n) is 4.12. The summed E-state index contributed by atoms with van der Waals surface area (Å²) in [5, 5.41) is 10.3. The van der Waals surface area contributed by atoms with Crippen LogP contribution in [0.25, 0.3) is 22.4 Å². The third-order valence-corrected chi connectivity index (χ3v) is 5.19. The van der Waals surface area contributed by atoms with Crippen molar-refractivity contribution in [1.29, 1.82) is 0 Å². The molecule has 3 N–H and O–H groups in total. The van der Waals surface area contributed by atoms with E-state index < -0.39 is 0 Å². The van der Waals surface area contributed by atoms with Crippen LogP contribution in [-0.2, 0) is 0 Å². The molecule has 3 aromatic rings. The molecule has 0 aliphatic heterocycles. The molecule has 0 aliphatic rings. The Morgan fingerprint density at radius 2 is 2.05 bits per heavy atom. The molecule has 102 valence electrons. The van der Waals surface area contributed by atoms with Crippen LogP contribution in [0, 0.1) is 2.88 Å². The van der Waals surface area contributed by atoms with Crippen molar-refractivity contribution in [3.8, 4) is 22.4 Å². The molecule has 0 spiro atoms. The van der Waals surface area contributed by atoms with Crippen LogP contribution in [0.15, 0.2) is 29.6 Å². The van der Waals surface area contributed by atoms with E-state index in [-0.39, 0.29) is 0 Å². The summed E-state index contributed by atoms with van der Waals surface area (Å²) < 4.78 is 1.19. The molecular formula is C13H8Cl2IN3S. The molecule has 2 aromatic heterocycles. The molecule has 20 heavy (non-hydrogen) atoms. The summed E-state index contributed by atoms with van der Waals surface area (Å²) in [6.07, 6.45) is 0. The molecule has 3 nitrogen and oxygen atoms in total. The third kappa shape index (κ3) is 2.55. The van der Waals surface area contributed by atoms with Gasteiger partial charge in [0.05, 0.1) is 19.2 Å². The van der Waals surface area contributed by atoms with Crippen LogP contribution in [0.4, 0.5) is 5.82 Å². The molecule has 3 rings (SSSR count). The van der Waals surface area contributed by atoms with Crippen LogP contribution in [-0.4, -0.2) is 10.2 Å². The van der Waals surface area contributed by atoms with Gasteiger partial charge in [-0.1, -0.05) is 29.3 Å². The maximum Gasteiger partial charge on any atom is 0.153 e. The van der Waals surface area contributed by atoms with E-state index in [1.807, 2.05) is 6.07 Å². The molecule has 0 amide bonds. The molecule has 0 bridgehead atoms. The summed E-state index contributed by atoms with van der Waals surface area (Å²) in [7, 11) is 0. The number of aromatic nitrogens is 2. The van der Waals surface area contributed by atoms with Gasteiger partial charge in [-0.3, -0.25) is 5.10 Å². The third-order valence-electron chi connectivity index (χ3n) is 2.85. The number of H-pyrrole nitrogens is 1. The van der Waals surface area contributed by atoms with Crippen molar-refractivity contribution in [3.05, 3.63) is 42.6 Å². The Morgan fingerprint density at radius 3 is 2.70 bits per heavy atom. The molecule has 2 heterocycles. The second kappa shape index (κ2) is 5.55. The number of rotatable bonds is 2. The highest BCUT2D eigenvalue weighted by molar-refractivity contribution is 14.1. The highest BCUT2D eigenvalue weighted by Crippen LogP contribution is 2.40. The Morgan fingerprint density at radius 1 is 1.25 bits per heavy atom. The number of halogens is 3. The minimum absolute atomic E-state index is 0.422. The Labute approximate surface area is 143 Å². The van der Waals surface area contributed by atoms with Gasteiger partial charge in [0.15, 0.2) is 5.82 Å². The van der Waals surface area contributed by atoms with Gasteiger partial charge in [-0.25, -0.2) is 0 Å². The van der Waals surface area contributed by atoms with Gasteiger partial charge < -0.3 is 5.73 Å². The average molecular weight is 436 g/mol. The minimum Gasteiger partial charge on any atom is -0.382 e. The molecular weight excluding hydrogens is 428 g/mol. The van der Waals surface area contributed by atoms with E-state index >= 15 is 0 Å². The lowest BCUT2D eigenvalue weighted by Crippen LogP contribution is -1.89. The predicted molar refractivity (Wildman–Crippen MR) is 94.5 cm³/mol. The van der Waals surface area contributed by atoms with Crippen LogP contribution in [0.3, 0.4) is 0 Å². The molecule has 0 saturated heterocycles. The summed E-state index contributed by atoms with van der Waals surface area (Å²) in [5.74, 6) is 0.422. The number of nitrogens with two attached hydrogens (primary N) is 1. The Balaban J connectivity index is 2.21.